The molecule has 1 fully saturated rings. The summed E-state index contributed by atoms with van der Waals surface area (Å²) in [6.45, 7) is 7.74. The van der Waals surface area contributed by atoms with Crippen LogP contribution in [0, 0.1) is 18.8 Å². The zero-order valence-corrected chi connectivity index (χ0v) is 15.6. The highest BCUT2D eigenvalue weighted by Gasteiger charge is 2.24. The van der Waals surface area contributed by atoms with Crippen molar-refractivity contribution in [2.45, 2.75) is 33.6 Å². The number of methoxy groups -OCH3 is 1. The van der Waals surface area contributed by atoms with Gasteiger partial charge in [-0.3, -0.25) is 4.79 Å². The van der Waals surface area contributed by atoms with Gasteiger partial charge in [-0.25, -0.2) is 4.79 Å². The lowest BCUT2D eigenvalue weighted by molar-refractivity contribution is -0.124. The Hall–Kier alpha value is -2.24. The predicted octanol–water partition coefficient (Wildman–Crippen LogP) is 3.02. The van der Waals surface area contributed by atoms with Crippen molar-refractivity contribution < 1.29 is 14.3 Å². The molecule has 138 valence electrons. The van der Waals surface area contributed by atoms with Crippen LogP contribution in [-0.4, -0.2) is 43.6 Å². The minimum atomic E-state index is -0.121. The highest BCUT2D eigenvalue weighted by atomic mass is 16.5. The number of amides is 3. The van der Waals surface area contributed by atoms with Crippen LogP contribution in [0.2, 0.25) is 0 Å². The molecule has 1 aliphatic rings. The molecule has 6 heteroatoms. The number of ether oxygens (including phenoxy) is 1. The lowest BCUT2D eigenvalue weighted by Crippen LogP contribution is -2.45. The standard InChI is InChI=1S/C19H29N3O3/c1-13(2)18(23)20-11-15-6-5-9-22(12-15)19(24)21-16-10-14(3)7-8-17(16)25-4/h7-8,10,13,15H,5-6,9,11-12H2,1-4H3,(H,20,23)(H,21,24)/t15-/m0/s1. The fraction of sp³-hybridized carbons (Fsp3) is 0.579. The van der Waals surface area contributed by atoms with Crippen LogP contribution in [0.3, 0.4) is 0 Å². The molecular weight excluding hydrogens is 318 g/mol. The highest BCUT2D eigenvalue weighted by Crippen LogP contribution is 2.26. The monoisotopic (exact) mass is 347 g/mol. The Morgan fingerprint density at radius 2 is 2.12 bits per heavy atom. The third-order valence-electron chi connectivity index (χ3n) is 4.49. The van der Waals surface area contributed by atoms with Gasteiger partial charge in [-0.2, -0.15) is 0 Å². The normalized spacial score (nSPS) is 17.3. The molecule has 1 saturated heterocycles. The van der Waals surface area contributed by atoms with Crippen molar-refractivity contribution >= 4 is 17.6 Å². The molecule has 0 saturated carbocycles. The summed E-state index contributed by atoms with van der Waals surface area (Å²) in [7, 11) is 1.59. The van der Waals surface area contributed by atoms with Crippen molar-refractivity contribution in [1.82, 2.24) is 10.2 Å². The van der Waals surface area contributed by atoms with Crippen LogP contribution < -0.4 is 15.4 Å². The largest absolute Gasteiger partial charge is 0.495 e. The van der Waals surface area contributed by atoms with E-state index in [0.717, 1.165) is 24.9 Å². The van der Waals surface area contributed by atoms with E-state index >= 15 is 0 Å². The van der Waals surface area contributed by atoms with E-state index in [0.29, 0.717) is 30.4 Å². The third-order valence-corrected chi connectivity index (χ3v) is 4.49. The second-order valence-electron chi connectivity index (χ2n) is 6.99. The molecule has 1 heterocycles. The van der Waals surface area contributed by atoms with Gasteiger partial charge in [0.25, 0.3) is 0 Å². The van der Waals surface area contributed by atoms with E-state index in [2.05, 4.69) is 10.6 Å². The van der Waals surface area contributed by atoms with E-state index in [1.807, 2.05) is 43.9 Å². The van der Waals surface area contributed by atoms with Gasteiger partial charge in [0.05, 0.1) is 12.8 Å². The summed E-state index contributed by atoms with van der Waals surface area (Å²) in [6.07, 6.45) is 1.97. The van der Waals surface area contributed by atoms with Gasteiger partial charge in [0.1, 0.15) is 5.75 Å². The lowest BCUT2D eigenvalue weighted by Gasteiger charge is -2.33. The number of hydrogen-bond acceptors (Lipinski definition) is 3. The van der Waals surface area contributed by atoms with Crippen molar-refractivity contribution in [2.75, 3.05) is 32.1 Å². The second kappa shape index (κ2) is 8.74. The average Bonchev–Trinajstić information content (AvgIpc) is 2.60. The van der Waals surface area contributed by atoms with Crippen molar-refractivity contribution in [3.8, 4) is 5.75 Å². The van der Waals surface area contributed by atoms with E-state index in [4.69, 9.17) is 4.74 Å². The fourth-order valence-electron chi connectivity index (χ4n) is 2.98. The smallest absolute Gasteiger partial charge is 0.321 e. The predicted molar refractivity (Wildman–Crippen MR) is 98.9 cm³/mol. The summed E-state index contributed by atoms with van der Waals surface area (Å²) in [5.74, 6) is 0.987. The first kappa shape index (κ1) is 19.1. The first-order valence-electron chi connectivity index (χ1n) is 8.89. The Balaban J connectivity index is 1.93. The van der Waals surface area contributed by atoms with Crippen molar-refractivity contribution in [2.24, 2.45) is 11.8 Å². The number of aryl methyl sites for hydroxylation is 1. The van der Waals surface area contributed by atoms with E-state index in [-0.39, 0.29) is 17.9 Å². The molecule has 0 unspecified atom stereocenters. The van der Waals surface area contributed by atoms with Gasteiger partial charge in [0.15, 0.2) is 0 Å². The quantitative estimate of drug-likeness (QED) is 0.860. The molecule has 1 aromatic carbocycles. The number of hydrogen-bond donors (Lipinski definition) is 2. The number of nitrogens with zero attached hydrogens (tertiary/aromatic N) is 1. The molecule has 3 amide bonds. The first-order valence-corrected chi connectivity index (χ1v) is 8.89. The van der Waals surface area contributed by atoms with Gasteiger partial charge in [-0.1, -0.05) is 19.9 Å². The average molecular weight is 347 g/mol. The zero-order chi connectivity index (χ0) is 18.4. The molecule has 2 N–H and O–H groups in total. The van der Waals surface area contributed by atoms with Crippen LogP contribution in [0.5, 0.6) is 5.75 Å². The summed E-state index contributed by atoms with van der Waals surface area (Å²) in [6, 6.07) is 5.58. The van der Waals surface area contributed by atoms with Gasteiger partial charge in [-0.05, 0) is 43.4 Å². The lowest BCUT2D eigenvalue weighted by atomic mass is 9.98. The van der Waals surface area contributed by atoms with E-state index in [1.54, 1.807) is 7.11 Å². The van der Waals surface area contributed by atoms with Crippen molar-refractivity contribution in [1.29, 1.82) is 0 Å². The van der Waals surface area contributed by atoms with Crippen LogP contribution in [0.1, 0.15) is 32.3 Å². The second-order valence-corrected chi connectivity index (χ2v) is 6.99. The van der Waals surface area contributed by atoms with E-state index < -0.39 is 0 Å². The Morgan fingerprint density at radius 1 is 1.36 bits per heavy atom. The Morgan fingerprint density at radius 3 is 2.80 bits per heavy atom. The summed E-state index contributed by atoms with van der Waals surface area (Å²) < 4.78 is 5.32. The van der Waals surface area contributed by atoms with E-state index in [1.165, 1.54) is 0 Å². The highest BCUT2D eigenvalue weighted by molar-refractivity contribution is 5.91. The molecule has 0 aliphatic carbocycles. The molecule has 2 rings (SSSR count). The Bertz CT molecular complexity index is 616. The van der Waals surface area contributed by atoms with Gasteiger partial charge >= 0.3 is 6.03 Å². The number of likely N-dealkylation sites (tertiary alicyclic amines) is 1. The van der Waals surface area contributed by atoms with Crippen LogP contribution in [0.4, 0.5) is 10.5 Å². The molecule has 0 spiro atoms. The number of piperidine rings is 1. The maximum absolute atomic E-state index is 12.6. The molecule has 0 aromatic heterocycles. The Kier molecular flexibility index (Phi) is 6.67. The van der Waals surface area contributed by atoms with Gasteiger partial charge < -0.3 is 20.3 Å². The molecule has 6 nitrogen and oxygen atoms in total. The number of carbonyl (C=O) groups is 2. The summed E-state index contributed by atoms with van der Waals surface area (Å²) in [5, 5.41) is 5.92. The minimum Gasteiger partial charge on any atom is -0.495 e. The number of anilines is 1. The number of rotatable bonds is 5. The molecular formula is C19H29N3O3. The molecule has 1 aliphatic heterocycles. The van der Waals surface area contributed by atoms with Gasteiger partial charge in [0.2, 0.25) is 5.91 Å². The molecule has 0 radical (unpaired) electrons. The summed E-state index contributed by atoms with van der Waals surface area (Å²) in [5.41, 5.74) is 1.74. The maximum atomic E-state index is 12.6. The minimum absolute atomic E-state index is 0.0169. The zero-order valence-electron chi connectivity index (χ0n) is 15.6. The molecule has 1 aromatic rings. The number of nitrogens with one attached hydrogen (secondary N) is 2. The van der Waals surface area contributed by atoms with Gasteiger partial charge in [-0.15, -0.1) is 0 Å². The van der Waals surface area contributed by atoms with E-state index in [9.17, 15) is 9.59 Å². The van der Waals surface area contributed by atoms with Crippen LogP contribution >= 0.6 is 0 Å². The molecule has 25 heavy (non-hydrogen) atoms. The van der Waals surface area contributed by atoms with Crippen LogP contribution in [-0.2, 0) is 4.79 Å². The molecule has 1 atom stereocenters. The number of urea groups is 1. The third kappa shape index (κ3) is 5.37. The van der Waals surface area contributed by atoms with Gasteiger partial charge in [0, 0.05) is 25.6 Å². The van der Waals surface area contributed by atoms with Crippen LogP contribution in [0.15, 0.2) is 18.2 Å². The van der Waals surface area contributed by atoms with Crippen molar-refractivity contribution in [3.05, 3.63) is 23.8 Å². The van der Waals surface area contributed by atoms with Crippen LogP contribution in [0.25, 0.3) is 0 Å². The molecule has 0 bridgehead atoms. The summed E-state index contributed by atoms with van der Waals surface area (Å²) in [4.78, 5) is 26.2. The van der Waals surface area contributed by atoms with Crippen molar-refractivity contribution in [3.63, 3.8) is 0 Å². The SMILES string of the molecule is COc1ccc(C)cc1NC(=O)N1CCC[C@@H](CNC(=O)C(C)C)C1. The first-order chi connectivity index (χ1) is 11.9. The fourth-order valence-corrected chi connectivity index (χ4v) is 2.98. The summed E-state index contributed by atoms with van der Waals surface area (Å²) >= 11 is 0. The maximum Gasteiger partial charge on any atom is 0.321 e. The topological polar surface area (TPSA) is 70.7 Å². The number of carbonyl (C=O) groups excluding carboxylic acids is 2. The number of benzene rings is 1. The Labute approximate surface area is 149 Å².